The molecule has 0 unspecified atom stereocenters. The molecule has 1 aliphatic carbocycles. The van der Waals surface area contributed by atoms with Crippen LogP contribution in [0, 0.1) is 5.92 Å². The molecule has 3 heterocycles. The van der Waals surface area contributed by atoms with E-state index in [4.69, 9.17) is 4.74 Å². The maximum Gasteiger partial charge on any atom is 0.260 e. The summed E-state index contributed by atoms with van der Waals surface area (Å²) in [5.41, 5.74) is 1.12. The van der Waals surface area contributed by atoms with E-state index in [0.717, 1.165) is 29.5 Å². The van der Waals surface area contributed by atoms with E-state index in [0.29, 0.717) is 37.4 Å². The number of thioether (sulfide) groups is 1. The van der Waals surface area contributed by atoms with Gasteiger partial charge in [-0.1, -0.05) is 18.7 Å². The van der Waals surface area contributed by atoms with Gasteiger partial charge in [0.15, 0.2) is 5.16 Å². The quantitative estimate of drug-likeness (QED) is 0.653. The number of morpholine rings is 1. The van der Waals surface area contributed by atoms with Gasteiger partial charge < -0.3 is 14.6 Å². The number of amides is 1. The van der Waals surface area contributed by atoms with E-state index in [1.54, 1.807) is 16.2 Å². The number of carbonyl (C=O) groups is 1. The molecule has 4 rings (SSSR count). The predicted octanol–water partition coefficient (Wildman–Crippen LogP) is 2.06. The first kappa shape index (κ1) is 17.1. The number of rotatable bonds is 3. The maximum atomic E-state index is 12.5. The first-order valence-corrected chi connectivity index (χ1v) is 10.4. The van der Waals surface area contributed by atoms with E-state index < -0.39 is 0 Å². The van der Waals surface area contributed by atoms with Gasteiger partial charge in [-0.3, -0.25) is 9.59 Å². The normalized spacial score (nSPS) is 20.7. The molecule has 2 aliphatic rings. The average molecular weight is 380 g/mol. The van der Waals surface area contributed by atoms with Crippen LogP contribution in [0.15, 0.2) is 9.95 Å². The first-order chi connectivity index (χ1) is 12.1. The van der Waals surface area contributed by atoms with Gasteiger partial charge in [0.1, 0.15) is 4.83 Å². The Hall–Kier alpha value is -1.38. The molecule has 1 N–H and O–H groups in total. The topological polar surface area (TPSA) is 75.3 Å². The van der Waals surface area contributed by atoms with E-state index in [9.17, 15) is 9.59 Å². The molecule has 1 aliphatic heterocycles. The molecule has 134 valence electrons. The molecule has 2 aromatic rings. The predicted molar refractivity (Wildman–Crippen MR) is 99.6 cm³/mol. The monoisotopic (exact) mass is 379 g/mol. The lowest BCUT2D eigenvalue weighted by Gasteiger charge is -2.26. The minimum Gasteiger partial charge on any atom is -0.378 e. The molecule has 0 saturated carbocycles. The van der Waals surface area contributed by atoms with Crippen LogP contribution >= 0.6 is 23.1 Å². The Bertz CT molecular complexity index is 855. The summed E-state index contributed by atoms with van der Waals surface area (Å²) in [5.74, 6) is 1.02. The summed E-state index contributed by atoms with van der Waals surface area (Å²) in [6.07, 6.45) is 3.12. The molecule has 0 spiro atoms. The van der Waals surface area contributed by atoms with Crippen LogP contribution in [-0.4, -0.2) is 52.8 Å². The molecule has 1 amide bonds. The number of H-pyrrole nitrogens is 1. The fraction of sp³-hybridized carbons (Fsp3) is 0.588. The van der Waals surface area contributed by atoms with Crippen molar-refractivity contribution in [3.63, 3.8) is 0 Å². The van der Waals surface area contributed by atoms with Crippen LogP contribution in [0.5, 0.6) is 0 Å². The van der Waals surface area contributed by atoms with Crippen LogP contribution < -0.4 is 5.56 Å². The van der Waals surface area contributed by atoms with Crippen molar-refractivity contribution in [1.29, 1.82) is 0 Å². The summed E-state index contributed by atoms with van der Waals surface area (Å²) in [5, 5.41) is 1.29. The van der Waals surface area contributed by atoms with Crippen LogP contribution in [0.4, 0.5) is 0 Å². The number of carbonyl (C=O) groups excluding carboxylic acids is 1. The van der Waals surface area contributed by atoms with E-state index in [1.807, 2.05) is 0 Å². The molecule has 1 saturated heterocycles. The van der Waals surface area contributed by atoms with Gasteiger partial charge in [-0.05, 0) is 30.7 Å². The van der Waals surface area contributed by atoms with Crippen LogP contribution in [0.2, 0.25) is 0 Å². The largest absolute Gasteiger partial charge is 0.378 e. The Balaban J connectivity index is 1.53. The highest BCUT2D eigenvalue weighted by molar-refractivity contribution is 7.99. The number of ether oxygens (including phenoxy) is 1. The number of hydrogen-bond donors (Lipinski definition) is 1. The Morgan fingerprint density at radius 2 is 2.24 bits per heavy atom. The molecule has 8 heteroatoms. The van der Waals surface area contributed by atoms with Crippen LogP contribution in [0.3, 0.4) is 0 Å². The van der Waals surface area contributed by atoms with Crippen molar-refractivity contribution in [3.8, 4) is 0 Å². The lowest BCUT2D eigenvalue weighted by molar-refractivity contribution is -0.132. The second-order valence-electron chi connectivity index (χ2n) is 6.68. The highest BCUT2D eigenvalue weighted by Crippen LogP contribution is 2.36. The summed E-state index contributed by atoms with van der Waals surface area (Å²) in [4.78, 5) is 36.2. The van der Waals surface area contributed by atoms with E-state index in [1.165, 1.54) is 22.2 Å². The molecule has 0 aromatic carbocycles. The van der Waals surface area contributed by atoms with Gasteiger partial charge in [-0.2, -0.15) is 0 Å². The molecule has 2 aromatic heterocycles. The van der Waals surface area contributed by atoms with E-state index in [2.05, 4.69) is 16.9 Å². The summed E-state index contributed by atoms with van der Waals surface area (Å²) in [7, 11) is 0. The number of aromatic amines is 1. The van der Waals surface area contributed by atoms with Gasteiger partial charge in [-0.25, -0.2) is 4.98 Å². The highest BCUT2D eigenvalue weighted by Gasteiger charge is 2.23. The highest BCUT2D eigenvalue weighted by atomic mass is 32.2. The summed E-state index contributed by atoms with van der Waals surface area (Å²) >= 11 is 2.94. The Kier molecular flexibility index (Phi) is 4.84. The third kappa shape index (κ3) is 3.47. The lowest BCUT2D eigenvalue weighted by atomic mass is 9.89. The molecular formula is C17H21N3O3S2. The Labute approximate surface area is 154 Å². The molecule has 1 atom stereocenters. The summed E-state index contributed by atoms with van der Waals surface area (Å²) < 4.78 is 5.26. The van der Waals surface area contributed by atoms with Gasteiger partial charge in [0.25, 0.3) is 5.56 Å². The average Bonchev–Trinajstić information content (AvgIpc) is 2.98. The fourth-order valence-corrected chi connectivity index (χ4v) is 5.64. The third-order valence-electron chi connectivity index (χ3n) is 4.84. The molecule has 1 fully saturated rings. The van der Waals surface area contributed by atoms with Crippen molar-refractivity contribution >= 4 is 39.2 Å². The zero-order chi connectivity index (χ0) is 17.4. The fourth-order valence-electron chi connectivity index (χ4n) is 3.43. The Morgan fingerprint density at radius 3 is 3.04 bits per heavy atom. The summed E-state index contributed by atoms with van der Waals surface area (Å²) in [6.45, 7) is 4.72. The Morgan fingerprint density at radius 1 is 1.44 bits per heavy atom. The lowest BCUT2D eigenvalue weighted by Crippen LogP contribution is -2.41. The van der Waals surface area contributed by atoms with E-state index >= 15 is 0 Å². The van der Waals surface area contributed by atoms with Gasteiger partial charge in [-0.15, -0.1) is 11.3 Å². The minimum absolute atomic E-state index is 0.0651. The number of hydrogen-bond acceptors (Lipinski definition) is 6. The number of nitrogens with zero attached hydrogens (tertiary/aromatic N) is 2. The summed E-state index contributed by atoms with van der Waals surface area (Å²) in [6, 6.07) is 0. The van der Waals surface area contributed by atoms with Crippen molar-refractivity contribution in [2.45, 2.75) is 31.3 Å². The second kappa shape index (κ2) is 7.09. The SMILES string of the molecule is C[C@H]1CCc2c(sc3nc(SCC(=O)N4CCOCC4)[nH]c(=O)c23)C1. The molecule has 25 heavy (non-hydrogen) atoms. The van der Waals surface area contributed by atoms with Crippen LogP contribution in [0.1, 0.15) is 23.8 Å². The van der Waals surface area contributed by atoms with E-state index in [-0.39, 0.29) is 17.2 Å². The third-order valence-corrected chi connectivity index (χ3v) is 6.85. The van der Waals surface area contributed by atoms with Gasteiger partial charge >= 0.3 is 0 Å². The van der Waals surface area contributed by atoms with Crippen LogP contribution in [0.25, 0.3) is 10.2 Å². The number of aryl methyl sites for hydroxylation is 1. The molecule has 0 bridgehead atoms. The zero-order valence-corrected chi connectivity index (χ0v) is 15.8. The molecule has 6 nitrogen and oxygen atoms in total. The minimum atomic E-state index is -0.0709. The number of aromatic nitrogens is 2. The van der Waals surface area contributed by atoms with Crippen LogP contribution in [-0.2, 0) is 22.4 Å². The maximum absolute atomic E-state index is 12.5. The van der Waals surface area contributed by atoms with Crippen molar-refractivity contribution in [2.24, 2.45) is 5.92 Å². The van der Waals surface area contributed by atoms with Crippen molar-refractivity contribution < 1.29 is 9.53 Å². The first-order valence-electron chi connectivity index (χ1n) is 8.64. The second-order valence-corrected chi connectivity index (χ2v) is 8.73. The zero-order valence-electron chi connectivity index (χ0n) is 14.2. The standard InChI is InChI=1S/C17H21N3O3S2/c1-10-2-3-11-12(8-10)25-16-14(11)15(22)18-17(19-16)24-9-13(21)20-4-6-23-7-5-20/h10H,2-9H2,1H3,(H,18,19,22)/t10-/m0/s1. The van der Waals surface area contributed by atoms with Crippen molar-refractivity contribution in [1.82, 2.24) is 14.9 Å². The van der Waals surface area contributed by atoms with Gasteiger partial charge in [0.2, 0.25) is 5.91 Å². The molecule has 0 radical (unpaired) electrons. The van der Waals surface area contributed by atoms with Gasteiger partial charge in [0, 0.05) is 18.0 Å². The van der Waals surface area contributed by atoms with Crippen molar-refractivity contribution in [3.05, 3.63) is 20.8 Å². The number of fused-ring (bicyclic) bond motifs is 3. The number of thiophene rings is 1. The smallest absolute Gasteiger partial charge is 0.260 e. The molecular weight excluding hydrogens is 358 g/mol. The van der Waals surface area contributed by atoms with Crippen molar-refractivity contribution in [2.75, 3.05) is 32.1 Å². The van der Waals surface area contributed by atoms with Gasteiger partial charge in [0.05, 0.1) is 24.4 Å². The number of nitrogens with one attached hydrogen (secondary N) is 1.